The molecule has 142 valence electrons. The van der Waals surface area contributed by atoms with Gasteiger partial charge in [-0.3, -0.25) is 4.79 Å². The molecule has 7 nitrogen and oxygen atoms in total. The number of anilines is 1. The van der Waals surface area contributed by atoms with Crippen molar-refractivity contribution in [1.82, 2.24) is 19.7 Å². The number of benzene rings is 2. The number of hydrogen-bond acceptors (Lipinski definition) is 6. The summed E-state index contributed by atoms with van der Waals surface area (Å²) in [7, 11) is 0. The number of carbonyl (C=O) groups is 1. The zero-order valence-corrected chi connectivity index (χ0v) is 16.2. The van der Waals surface area contributed by atoms with Crippen molar-refractivity contribution in [2.45, 2.75) is 6.92 Å². The van der Waals surface area contributed by atoms with E-state index in [1.54, 1.807) is 35.3 Å². The van der Waals surface area contributed by atoms with Gasteiger partial charge in [0.15, 0.2) is 11.5 Å². The summed E-state index contributed by atoms with van der Waals surface area (Å²) >= 11 is 1.40. The van der Waals surface area contributed by atoms with E-state index in [1.165, 1.54) is 11.3 Å². The highest BCUT2D eigenvalue weighted by Gasteiger charge is 2.14. The van der Waals surface area contributed by atoms with Gasteiger partial charge in [0.05, 0.1) is 11.9 Å². The molecule has 8 heteroatoms. The first kappa shape index (κ1) is 17.3. The van der Waals surface area contributed by atoms with Gasteiger partial charge >= 0.3 is 0 Å². The molecule has 0 saturated heterocycles. The van der Waals surface area contributed by atoms with Gasteiger partial charge in [-0.1, -0.05) is 18.2 Å². The number of aromatic nitrogens is 4. The largest absolute Gasteiger partial charge is 0.441 e. The van der Waals surface area contributed by atoms with Gasteiger partial charge in [0, 0.05) is 35.8 Å². The Morgan fingerprint density at radius 2 is 2.00 bits per heavy atom. The minimum absolute atomic E-state index is 0.279. The Hall–Kier alpha value is -3.78. The highest BCUT2D eigenvalue weighted by molar-refractivity contribution is 7.13. The average Bonchev–Trinajstić information content (AvgIpc) is 3.46. The molecule has 0 spiro atoms. The molecule has 2 aromatic carbocycles. The lowest BCUT2D eigenvalue weighted by Crippen LogP contribution is -2.12. The number of fused-ring (bicyclic) bond motifs is 1. The van der Waals surface area contributed by atoms with E-state index in [9.17, 15) is 4.79 Å². The lowest BCUT2D eigenvalue weighted by Gasteiger charge is -2.02. The lowest BCUT2D eigenvalue weighted by molar-refractivity contribution is 0.102. The Morgan fingerprint density at radius 3 is 2.86 bits per heavy atom. The molecule has 0 radical (unpaired) electrons. The quantitative estimate of drug-likeness (QED) is 0.472. The summed E-state index contributed by atoms with van der Waals surface area (Å²) in [6.45, 7) is 1.79. The van der Waals surface area contributed by atoms with Crippen molar-refractivity contribution >= 4 is 34.0 Å². The number of amides is 1. The first-order chi connectivity index (χ1) is 14.2. The van der Waals surface area contributed by atoms with E-state index in [1.807, 2.05) is 42.6 Å². The molecule has 1 amide bonds. The Kier molecular flexibility index (Phi) is 4.18. The van der Waals surface area contributed by atoms with Crippen molar-refractivity contribution in [1.29, 1.82) is 0 Å². The Bertz CT molecular complexity index is 1320. The van der Waals surface area contributed by atoms with Crippen molar-refractivity contribution in [3.05, 3.63) is 77.9 Å². The molecule has 3 aromatic heterocycles. The van der Waals surface area contributed by atoms with Gasteiger partial charge in [-0.05, 0) is 24.3 Å². The fraction of sp³-hybridized carbons (Fsp3) is 0.0476. The number of para-hydroxylation sites is 1. The van der Waals surface area contributed by atoms with Crippen LogP contribution in [0.25, 0.3) is 27.4 Å². The van der Waals surface area contributed by atoms with Crippen LogP contribution in [0.15, 0.2) is 70.7 Å². The third kappa shape index (κ3) is 3.41. The van der Waals surface area contributed by atoms with Gasteiger partial charge in [-0.2, -0.15) is 5.10 Å². The number of hydrogen-bond donors (Lipinski definition) is 1. The molecular formula is C21H15N5O2S. The lowest BCUT2D eigenvalue weighted by atomic mass is 10.3. The summed E-state index contributed by atoms with van der Waals surface area (Å²) in [4.78, 5) is 21.3. The molecule has 5 aromatic rings. The number of rotatable bonds is 4. The molecule has 0 aliphatic heterocycles. The molecule has 5 rings (SSSR count). The van der Waals surface area contributed by atoms with Crippen molar-refractivity contribution in [2.24, 2.45) is 0 Å². The summed E-state index contributed by atoms with van der Waals surface area (Å²) < 4.78 is 7.29. The van der Waals surface area contributed by atoms with Gasteiger partial charge in [0.25, 0.3) is 5.91 Å². The maximum atomic E-state index is 12.6. The van der Waals surface area contributed by atoms with E-state index in [0.29, 0.717) is 22.9 Å². The minimum atomic E-state index is -0.279. The van der Waals surface area contributed by atoms with Crippen LogP contribution in [-0.4, -0.2) is 25.7 Å². The molecule has 0 aliphatic carbocycles. The zero-order valence-electron chi connectivity index (χ0n) is 15.4. The van der Waals surface area contributed by atoms with Crippen molar-refractivity contribution in [3.63, 3.8) is 0 Å². The number of nitrogens with one attached hydrogen (secondary N) is 1. The number of oxazole rings is 1. The number of thiazole rings is 1. The number of aryl methyl sites for hydroxylation is 1. The van der Waals surface area contributed by atoms with Crippen LogP contribution in [0.2, 0.25) is 0 Å². The highest BCUT2D eigenvalue weighted by atomic mass is 32.1. The van der Waals surface area contributed by atoms with Gasteiger partial charge < -0.3 is 9.73 Å². The summed E-state index contributed by atoms with van der Waals surface area (Å²) in [5, 5.41) is 9.71. The summed E-state index contributed by atoms with van der Waals surface area (Å²) in [6, 6.07) is 15.2. The van der Waals surface area contributed by atoms with Crippen molar-refractivity contribution < 1.29 is 9.21 Å². The van der Waals surface area contributed by atoms with Crippen LogP contribution in [0.5, 0.6) is 0 Å². The molecule has 3 heterocycles. The predicted molar refractivity (Wildman–Crippen MR) is 111 cm³/mol. The third-order valence-corrected chi connectivity index (χ3v) is 5.23. The van der Waals surface area contributed by atoms with E-state index in [0.717, 1.165) is 21.8 Å². The molecule has 0 saturated carbocycles. The van der Waals surface area contributed by atoms with Crippen LogP contribution in [0.3, 0.4) is 0 Å². The van der Waals surface area contributed by atoms with E-state index in [-0.39, 0.29) is 5.91 Å². The maximum Gasteiger partial charge on any atom is 0.275 e. The van der Waals surface area contributed by atoms with Gasteiger partial charge in [-0.15, -0.1) is 11.3 Å². The van der Waals surface area contributed by atoms with E-state index >= 15 is 0 Å². The van der Waals surface area contributed by atoms with E-state index in [2.05, 4.69) is 20.4 Å². The number of nitrogens with zero attached hydrogens (tertiary/aromatic N) is 4. The van der Waals surface area contributed by atoms with Crippen LogP contribution in [0.1, 0.15) is 16.4 Å². The normalized spacial score (nSPS) is 11.1. The molecule has 29 heavy (non-hydrogen) atoms. The molecule has 0 aliphatic rings. The Morgan fingerprint density at radius 1 is 1.14 bits per heavy atom. The van der Waals surface area contributed by atoms with Crippen LogP contribution in [0, 0.1) is 6.92 Å². The Balaban J connectivity index is 1.35. The highest BCUT2D eigenvalue weighted by Crippen LogP contribution is 2.25. The van der Waals surface area contributed by atoms with E-state index < -0.39 is 0 Å². The Labute approximate surface area is 169 Å². The average molecular weight is 401 g/mol. The molecule has 0 atom stereocenters. The van der Waals surface area contributed by atoms with Crippen molar-refractivity contribution in [3.8, 4) is 16.3 Å². The molecule has 0 bridgehead atoms. The van der Waals surface area contributed by atoms with Crippen LogP contribution in [0.4, 0.5) is 5.69 Å². The number of carbonyl (C=O) groups excluding carboxylic acids is 1. The maximum absolute atomic E-state index is 12.6. The summed E-state index contributed by atoms with van der Waals surface area (Å²) in [5.74, 6) is 0.308. The van der Waals surface area contributed by atoms with Crippen LogP contribution >= 0.6 is 11.3 Å². The standard InChI is InChI=1S/C21H15N5O2S/c1-13-23-17-8-7-15(9-19(17)28-13)24-20(27)18-12-29-21(25-18)14-10-22-26(11-14)16-5-3-2-4-6-16/h2-12H,1H3,(H,24,27). The third-order valence-electron chi connectivity index (χ3n) is 4.34. The monoisotopic (exact) mass is 401 g/mol. The second-order valence-electron chi connectivity index (χ2n) is 6.42. The fourth-order valence-corrected chi connectivity index (χ4v) is 3.75. The molecule has 0 fully saturated rings. The minimum Gasteiger partial charge on any atom is -0.441 e. The van der Waals surface area contributed by atoms with Crippen LogP contribution in [-0.2, 0) is 0 Å². The first-order valence-corrected chi connectivity index (χ1v) is 9.78. The van der Waals surface area contributed by atoms with Crippen molar-refractivity contribution in [2.75, 3.05) is 5.32 Å². The predicted octanol–water partition coefficient (Wildman–Crippen LogP) is 4.70. The topological polar surface area (TPSA) is 85.8 Å². The summed E-state index contributed by atoms with van der Waals surface area (Å²) in [6.07, 6.45) is 3.64. The van der Waals surface area contributed by atoms with Gasteiger partial charge in [0.2, 0.25) is 0 Å². The van der Waals surface area contributed by atoms with Gasteiger partial charge in [0.1, 0.15) is 16.2 Å². The molecule has 1 N–H and O–H groups in total. The zero-order chi connectivity index (χ0) is 19.8. The van der Waals surface area contributed by atoms with Crippen LogP contribution < -0.4 is 5.32 Å². The SMILES string of the molecule is Cc1nc2ccc(NC(=O)c3csc(-c4cnn(-c5ccccc5)c4)n3)cc2o1. The van der Waals surface area contributed by atoms with Gasteiger partial charge in [-0.25, -0.2) is 14.6 Å². The molecular weight excluding hydrogens is 386 g/mol. The fourth-order valence-electron chi connectivity index (χ4n) is 2.98. The summed E-state index contributed by atoms with van der Waals surface area (Å²) in [5.41, 5.74) is 4.19. The second-order valence-corrected chi connectivity index (χ2v) is 7.27. The smallest absolute Gasteiger partial charge is 0.275 e. The molecule has 0 unspecified atom stereocenters. The van der Waals surface area contributed by atoms with E-state index in [4.69, 9.17) is 4.42 Å². The first-order valence-electron chi connectivity index (χ1n) is 8.90. The second kappa shape index (κ2) is 6.99.